The average molecular weight is 301 g/mol. The van der Waals surface area contributed by atoms with Gasteiger partial charge >= 0.3 is 5.97 Å². The predicted molar refractivity (Wildman–Crippen MR) is 85.7 cm³/mol. The standard InChI is InChI=1S/C17H23N3O2/c1-16(2,3)11-7-9-12(10-8-11)20-14(17(4,5)6)13(15(21)22)18-19-20/h7-10H,1-6H3,(H,21,22). The summed E-state index contributed by atoms with van der Waals surface area (Å²) < 4.78 is 1.62. The third kappa shape index (κ3) is 3.03. The highest BCUT2D eigenvalue weighted by molar-refractivity contribution is 5.87. The van der Waals surface area contributed by atoms with Crippen LogP contribution in [0.15, 0.2) is 24.3 Å². The van der Waals surface area contributed by atoms with Crippen LogP contribution in [-0.2, 0) is 10.8 Å². The molecule has 1 aromatic heterocycles. The first-order valence-electron chi connectivity index (χ1n) is 7.32. The van der Waals surface area contributed by atoms with Crippen molar-refractivity contribution in [1.82, 2.24) is 15.0 Å². The molecule has 2 aromatic rings. The predicted octanol–water partition coefficient (Wildman–Crippen LogP) is 3.56. The number of aromatic carboxylic acids is 1. The summed E-state index contributed by atoms with van der Waals surface area (Å²) in [7, 11) is 0. The Morgan fingerprint density at radius 2 is 1.55 bits per heavy atom. The van der Waals surface area contributed by atoms with E-state index in [1.807, 2.05) is 45.0 Å². The van der Waals surface area contributed by atoms with E-state index in [-0.39, 0.29) is 16.5 Å². The van der Waals surface area contributed by atoms with Crippen LogP contribution in [-0.4, -0.2) is 26.1 Å². The Morgan fingerprint density at radius 1 is 1.00 bits per heavy atom. The molecule has 0 aliphatic rings. The van der Waals surface area contributed by atoms with E-state index >= 15 is 0 Å². The van der Waals surface area contributed by atoms with E-state index < -0.39 is 5.97 Å². The van der Waals surface area contributed by atoms with Gasteiger partial charge in [-0.25, -0.2) is 9.48 Å². The van der Waals surface area contributed by atoms with Crippen molar-refractivity contribution in [3.8, 4) is 5.69 Å². The number of hydrogen-bond acceptors (Lipinski definition) is 3. The van der Waals surface area contributed by atoms with E-state index in [1.165, 1.54) is 5.56 Å². The molecule has 0 amide bonds. The van der Waals surface area contributed by atoms with Crippen LogP contribution in [0, 0.1) is 0 Å². The zero-order valence-electron chi connectivity index (χ0n) is 14.0. The maximum Gasteiger partial charge on any atom is 0.358 e. The Balaban J connectivity index is 2.56. The maximum absolute atomic E-state index is 11.4. The van der Waals surface area contributed by atoms with Gasteiger partial charge in [-0.1, -0.05) is 58.9 Å². The summed E-state index contributed by atoms with van der Waals surface area (Å²) in [4.78, 5) is 11.4. The summed E-state index contributed by atoms with van der Waals surface area (Å²) in [6, 6.07) is 8.00. The summed E-state index contributed by atoms with van der Waals surface area (Å²) in [6.07, 6.45) is 0. The van der Waals surface area contributed by atoms with Gasteiger partial charge in [0.15, 0.2) is 5.69 Å². The van der Waals surface area contributed by atoms with Crippen LogP contribution in [0.1, 0.15) is 63.3 Å². The van der Waals surface area contributed by atoms with Gasteiger partial charge in [-0.05, 0) is 23.1 Å². The number of nitrogens with zero attached hydrogens (tertiary/aromatic N) is 3. The molecule has 2 rings (SSSR count). The molecule has 5 nitrogen and oxygen atoms in total. The minimum absolute atomic E-state index is 0.00685. The van der Waals surface area contributed by atoms with Crippen LogP contribution in [0.4, 0.5) is 0 Å². The Labute approximate surface area is 131 Å². The third-order valence-electron chi connectivity index (χ3n) is 3.56. The van der Waals surface area contributed by atoms with E-state index in [2.05, 4.69) is 31.1 Å². The quantitative estimate of drug-likeness (QED) is 0.921. The molecule has 0 spiro atoms. The second-order valence-electron chi connectivity index (χ2n) is 7.55. The lowest BCUT2D eigenvalue weighted by Crippen LogP contribution is -2.21. The Morgan fingerprint density at radius 3 is 1.95 bits per heavy atom. The molecule has 0 aliphatic carbocycles. The smallest absolute Gasteiger partial charge is 0.358 e. The molecule has 0 saturated heterocycles. The topological polar surface area (TPSA) is 68.0 Å². The highest BCUT2D eigenvalue weighted by Gasteiger charge is 2.29. The van der Waals surface area contributed by atoms with Crippen LogP contribution in [0.5, 0.6) is 0 Å². The number of aromatic nitrogens is 3. The minimum atomic E-state index is -1.05. The van der Waals surface area contributed by atoms with E-state index in [9.17, 15) is 9.90 Å². The molecule has 1 N–H and O–H groups in total. The molecular weight excluding hydrogens is 278 g/mol. The van der Waals surface area contributed by atoms with Gasteiger partial charge in [-0.15, -0.1) is 5.10 Å². The van der Waals surface area contributed by atoms with Crippen molar-refractivity contribution >= 4 is 5.97 Å². The van der Waals surface area contributed by atoms with Crippen LogP contribution in [0.25, 0.3) is 5.69 Å². The summed E-state index contributed by atoms with van der Waals surface area (Å²) in [6.45, 7) is 12.3. The van der Waals surface area contributed by atoms with Crippen molar-refractivity contribution in [2.45, 2.75) is 52.4 Å². The monoisotopic (exact) mass is 301 g/mol. The molecule has 0 saturated carbocycles. The number of hydrogen-bond donors (Lipinski definition) is 1. The van der Waals surface area contributed by atoms with Crippen molar-refractivity contribution < 1.29 is 9.90 Å². The lowest BCUT2D eigenvalue weighted by atomic mass is 9.87. The third-order valence-corrected chi connectivity index (χ3v) is 3.56. The molecule has 0 fully saturated rings. The van der Waals surface area contributed by atoms with E-state index in [1.54, 1.807) is 4.68 Å². The largest absolute Gasteiger partial charge is 0.476 e. The Bertz CT molecular complexity index is 686. The molecule has 22 heavy (non-hydrogen) atoms. The zero-order chi connectivity index (χ0) is 16.7. The van der Waals surface area contributed by atoms with Crippen molar-refractivity contribution in [2.75, 3.05) is 0 Å². The van der Waals surface area contributed by atoms with Crippen LogP contribution in [0.3, 0.4) is 0 Å². The normalized spacial score (nSPS) is 12.5. The number of carboxylic acid groups (broad SMARTS) is 1. The molecule has 0 unspecified atom stereocenters. The van der Waals surface area contributed by atoms with Crippen LogP contribution in [0.2, 0.25) is 0 Å². The average Bonchev–Trinajstić information content (AvgIpc) is 2.82. The molecule has 0 bridgehead atoms. The van der Waals surface area contributed by atoms with Gasteiger partial charge in [-0.3, -0.25) is 0 Å². The van der Waals surface area contributed by atoms with Gasteiger partial charge in [0.05, 0.1) is 11.4 Å². The molecule has 118 valence electrons. The summed E-state index contributed by atoms with van der Waals surface area (Å²) >= 11 is 0. The van der Waals surface area contributed by atoms with Crippen LogP contribution >= 0.6 is 0 Å². The molecule has 1 aromatic carbocycles. The van der Waals surface area contributed by atoms with Crippen molar-refractivity contribution in [3.63, 3.8) is 0 Å². The van der Waals surface area contributed by atoms with Gasteiger partial charge < -0.3 is 5.11 Å². The van der Waals surface area contributed by atoms with Crippen molar-refractivity contribution in [2.24, 2.45) is 0 Å². The molecule has 0 atom stereocenters. The summed E-state index contributed by atoms with van der Waals surface area (Å²) in [5.41, 5.74) is 2.33. The molecule has 1 heterocycles. The van der Waals surface area contributed by atoms with E-state index in [0.717, 1.165) is 5.69 Å². The minimum Gasteiger partial charge on any atom is -0.476 e. The highest BCUT2D eigenvalue weighted by Crippen LogP contribution is 2.28. The highest BCUT2D eigenvalue weighted by atomic mass is 16.4. The maximum atomic E-state index is 11.4. The lowest BCUT2D eigenvalue weighted by Gasteiger charge is -2.22. The van der Waals surface area contributed by atoms with Gasteiger partial charge in [0.25, 0.3) is 0 Å². The second kappa shape index (κ2) is 5.23. The summed E-state index contributed by atoms with van der Waals surface area (Å²) in [5.74, 6) is -1.05. The molecular formula is C17H23N3O2. The SMILES string of the molecule is CC(C)(C)c1ccc(-n2nnc(C(=O)O)c2C(C)(C)C)cc1. The Kier molecular flexibility index (Phi) is 3.85. The first-order valence-corrected chi connectivity index (χ1v) is 7.32. The van der Waals surface area contributed by atoms with Gasteiger partial charge in [0.1, 0.15) is 0 Å². The number of rotatable bonds is 2. The Hall–Kier alpha value is -2.17. The molecule has 5 heteroatoms. The zero-order valence-corrected chi connectivity index (χ0v) is 14.0. The number of carbonyl (C=O) groups is 1. The second-order valence-corrected chi connectivity index (χ2v) is 7.55. The van der Waals surface area contributed by atoms with E-state index in [4.69, 9.17) is 0 Å². The fourth-order valence-corrected chi connectivity index (χ4v) is 2.38. The van der Waals surface area contributed by atoms with Crippen molar-refractivity contribution in [3.05, 3.63) is 41.2 Å². The van der Waals surface area contributed by atoms with Gasteiger partial charge in [0, 0.05) is 5.41 Å². The van der Waals surface area contributed by atoms with E-state index in [0.29, 0.717) is 5.69 Å². The fourth-order valence-electron chi connectivity index (χ4n) is 2.38. The van der Waals surface area contributed by atoms with Crippen molar-refractivity contribution in [1.29, 1.82) is 0 Å². The number of carboxylic acids is 1. The fraction of sp³-hybridized carbons (Fsp3) is 0.471. The van der Waals surface area contributed by atoms with Gasteiger partial charge in [-0.2, -0.15) is 0 Å². The van der Waals surface area contributed by atoms with Gasteiger partial charge in [0.2, 0.25) is 0 Å². The summed E-state index contributed by atoms with van der Waals surface area (Å²) in [5, 5.41) is 17.2. The lowest BCUT2D eigenvalue weighted by molar-refractivity contribution is 0.0687. The molecule has 0 aliphatic heterocycles. The number of benzene rings is 1. The molecule has 0 radical (unpaired) electrons. The first-order chi connectivity index (χ1) is 10.0. The van der Waals surface area contributed by atoms with Crippen LogP contribution < -0.4 is 0 Å². The first kappa shape index (κ1) is 16.2.